The van der Waals surface area contributed by atoms with Crippen molar-refractivity contribution in [2.24, 2.45) is 0 Å². The lowest BCUT2D eigenvalue weighted by Gasteiger charge is -2.25. The van der Waals surface area contributed by atoms with Crippen LogP contribution in [0.5, 0.6) is 5.75 Å². The second-order valence-electron chi connectivity index (χ2n) is 9.44. The van der Waals surface area contributed by atoms with Gasteiger partial charge in [0.2, 0.25) is 0 Å². The van der Waals surface area contributed by atoms with Gasteiger partial charge in [-0.15, -0.1) is 0 Å². The Kier molecular flexibility index (Phi) is 6.50. The number of carboxylic acid groups (broad SMARTS) is 1. The van der Waals surface area contributed by atoms with Crippen molar-refractivity contribution in [1.29, 1.82) is 0 Å². The number of pyridine rings is 1. The van der Waals surface area contributed by atoms with E-state index in [-0.39, 0.29) is 5.56 Å². The molecule has 0 saturated carbocycles. The lowest BCUT2D eigenvalue weighted by molar-refractivity contribution is 0.0695. The van der Waals surface area contributed by atoms with Crippen molar-refractivity contribution in [2.45, 2.75) is 12.8 Å². The van der Waals surface area contributed by atoms with E-state index in [2.05, 4.69) is 9.80 Å². The number of ether oxygens (including phenoxy) is 2. The van der Waals surface area contributed by atoms with E-state index in [0.717, 1.165) is 77.1 Å². The minimum absolute atomic E-state index is 0.284. The first kappa shape index (κ1) is 24.4. The molecule has 1 N–H and O–H groups in total. The van der Waals surface area contributed by atoms with Gasteiger partial charge < -0.3 is 28.9 Å². The highest BCUT2D eigenvalue weighted by molar-refractivity contribution is 7.22. The van der Waals surface area contributed by atoms with Gasteiger partial charge in [0.1, 0.15) is 11.3 Å². The highest BCUT2D eigenvalue weighted by Crippen LogP contribution is 2.36. The van der Waals surface area contributed by atoms with Crippen LogP contribution in [0.3, 0.4) is 0 Å². The minimum atomic E-state index is -1.26. The number of hydrogen-bond donors (Lipinski definition) is 1. The Morgan fingerprint density at radius 3 is 2.55 bits per heavy atom. The smallest absolute Gasteiger partial charge is 0.341 e. The van der Waals surface area contributed by atoms with Gasteiger partial charge in [-0.2, -0.15) is 0 Å². The van der Waals surface area contributed by atoms with Crippen molar-refractivity contribution in [2.75, 3.05) is 56.3 Å². The molecule has 2 saturated heterocycles. The van der Waals surface area contributed by atoms with Gasteiger partial charge >= 0.3 is 5.97 Å². The molecule has 38 heavy (non-hydrogen) atoms. The Morgan fingerprint density at radius 1 is 1.03 bits per heavy atom. The molecule has 0 unspecified atom stereocenters. The Labute approximate surface area is 223 Å². The first-order valence-corrected chi connectivity index (χ1v) is 13.5. The van der Waals surface area contributed by atoms with Gasteiger partial charge in [-0.05, 0) is 43.2 Å². The zero-order chi connectivity index (χ0) is 26.2. The fraction of sp³-hybridized carbons (Fsp3) is 0.321. The van der Waals surface area contributed by atoms with E-state index in [4.69, 9.17) is 14.5 Å². The average molecular weight is 533 g/mol. The predicted octanol–water partition coefficient (Wildman–Crippen LogP) is 4.26. The molecule has 2 aliphatic heterocycles. The number of hydrogen-bond acceptors (Lipinski definition) is 8. The number of methoxy groups -OCH3 is 1. The van der Waals surface area contributed by atoms with E-state index < -0.39 is 11.4 Å². The molecule has 0 aliphatic carbocycles. The molecule has 4 heterocycles. The summed E-state index contributed by atoms with van der Waals surface area (Å²) in [5, 5.41) is 10.6. The Bertz CT molecular complexity index is 1570. The zero-order valence-electron chi connectivity index (χ0n) is 21.1. The molecule has 9 nitrogen and oxygen atoms in total. The van der Waals surface area contributed by atoms with Crippen LogP contribution in [0.15, 0.2) is 53.5 Å². The van der Waals surface area contributed by atoms with E-state index in [9.17, 15) is 14.7 Å². The molecule has 2 aromatic heterocycles. The van der Waals surface area contributed by atoms with E-state index in [1.165, 1.54) is 12.3 Å². The normalized spacial score (nSPS) is 15.8. The number of morpholine rings is 1. The third kappa shape index (κ3) is 4.50. The molecular weight excluding hydrogens is 504 g/mol. The van der Waals surface area contributed by atoms with E-state index >= 15 is 0 Å². The molecule has 0 bridgehead atoms. The summed E-state index contributed by atoms with van der Waals surface area (Å²) in [5.74, 6) is -0.537. The number of carbonyl (C=O) groups is 1. The second-order valence-corrected chi connectivity index (χ2v) is 10.4. The highest BCUT2D eigenvalue weighted by atomic mass is 32.1. The Hall–Kier alpha value is -3.89. The lowest BCUT2D eigenvalue weighted by Crippen LogP contribution is -2.36. The van der Waals surface area contributed by atoms with Crippen molar-refractivity contribution >= 4 is 38.3 Å². The van der Waals surface area contributed by atoms with Crippen molar-refractivity contribution < 1.29 is 19.4 Å². The van der Waals surface area contributed by atoms with Gasteiger partial charge in [0, 0.05) is 49.7 Å². The van der Waals surface area contributed by atoms with Crippen LogP contribution in [0.1, 0.15) is 23.2 Å². The maximum atomic E-state index is 12.8. The standard InChI is InChI=1S/C28H28N4O5S/c1-36-25-14-18(4-7-22(25)30-8-2-3-9-30)23-16-24(33)20(27(34)35)17-32(23)19-5-6-21-26(15-19)38-28(29-21)31-10-12-37-13-11-31/h4-7,14-17H,2-3,8-13H2,1H3,(H,34,35). The zero-order valence-corrected chi connectivity index (χ0v) is 21.9. The first-order chi connectivity index (χ1) is 18.5. The molecule has 10 heteroatoms. The molecule has 0 atom stereocenters. The molecule has 0 radical (unpaired) electrons. The van der Waals surface area contributed by atoms with Gasteiger partial charge in [0.25, 0.3) is 0 Å². The first-order valence-electron chi connectivity index (χ1n) is 12.7. The molecule has 4 aromatic rings. The third-order valence-corrected chi connectivity index (χ3v) is 8.20. The van der Waals surface area contributed by atoms with Gasteiger partial charge in [0.15, 0.2) is 10.6 Å². The van der Waals surface area contributed by atoms with Gasteiger partial charge in [-0.3, -0.25) is 4.79 Å². The number of fused-ring (bicyclic) bond motifs is 1. The summed E-state index contributed by atoms with van der Waals surface area (Å²) in [6.07, 6.45) is 3.70. The lowest BCUT2D eigenvalue weighted by atomic mass is 10.1. The summed E-state index contributed by atoms with van der Waals surface area (Å²) in [4.78, 5) is 34.0. The van der Waals surface area contributed by atoms with Crippen molar-refractivity contribution in [3.8, 4) is 22.7 Å². The summed E-state index contributed by atoms with van der Waals surface area (Å²) >= 11 is 1.59. The summed E-state index contributed by atoms with van der Waals surface area (Å²) in [7, 11) is 1.64. The SMILES string of the molecule is COc1cc(-c2cc(=O)c(C(=O)O)cn2-c2ccc3nc(N4CCOCC4)sc3c2)ccc1N1CCCC1. The number of carboxylic acids is 1. The van der Waals surface area contributed by atoms with E-state index in [1.54, 1.807) is 23.0 Å². The van der Waals surface area contributed by atoms with Crippen LogP contribution in [0, 0.1) is 0 Å². The molecule has 6 rings (SSSR count). The van der Waals surface area contributed by atoms with Crippen LogP contribution in [0.2, 0.25) is 0 Å². The number of nitrogens with zero attached hydrogens (tertiary/aromatic N) is 4. The topological polar surface area (TPSA) is 97.1 Å². The molecular formula is C28H28N4O5S. The van der Waals surface area contributed by atoms with Crippen LogP contribution in [0.4, 0.5) is 10.8 Å². The third-order valence-electron chi connectivity index (χ3n) is 7.12. The average Bonchev–Trinajstić information content (AvgIpc) is 3.63. The summed E-state index contributed by atoms with van der Waals surface area (Å²) in [6, 6.07) is 13.1. The van der Waals surface area contributed by atoms with Crippen molar-refractivity contribution in [3.05, 3.63) is 64.4 Å². The number of aromatic nitrogens is 2. The second kappa shape index (κ2) is 10.1. The molecule has 196 valence electrons. The Balaban J connectivity index is 1.46. The monoisotopic (exact) mass is 532 g/mol. The maximum Gasteiger partial charge on any atom is 0.341 e. The predicted molar refractivity (Wildman–Crippen MR) is 149 cm³/mol. The quantitative estimate of drug-likeness (QED) is 0.394. The van der Waals surface area contributed by atoms with Crippen LogP contribution >= 0.6 is 11.3 Å². The number of aromatic carboxylic acids is 1. The fourth-order valence-electron chi connectivity index (χ4n) is 5.13. The highest BCUT2D eigenvalue weighted by Gasteiger charge is 2.21. The summed E-state index contributed by atoms with van der Waals surface area (Å²) in [5.41, 5.74) is 3.16. The molecule has 2 aliphatic rings. The number of anilines is 2. The molecule has 2 fully saturated rings. The summed E-state index contributed by atoms with van der Waals surface area (Å²) in [6.45, 7) is 4.92. The summed E-state index contributed by atoms with van der Waals surface area (Å²) < 4.78 is 13.9. The fourth-order valence-corrected chi connectivity index (χ4v) is 6.18. The maximum absolute atomic E-state index is 12.8. The number of benzene rings is 2. The van der Waals surface area contributed by atoms with Gasteiger partial charge in [-0.25, -0.2) is 9.78 Å². The van der Waals surface area contributed by atoms with Crippen LogP contribution < -0.4 is 20.0 Å². The van der Waals surface area contributed by atoms with Gasteiger partial charge in [0.05, 0.1) is 41.9 Å². The minimum Gasteiger partial charge on any atom is -0.495 e. The van der Waals surface area contributed by atoms with Crippen LogP contribution in [-0.4, -0.2) is 67.1 Å². The molecule has 0 spiro atoms. The molecule has 2 aromatic carbocycles. The van der Waals surface area contributed by atoms with E-state index in [1.807, 2.05) is 36.4 Å². The van der Waals surface area contributed by atoms with Crippen LogP contribution in [0.25, 0.3) is 27.2 Å². The van der Waals surface area contributed by atoms with Gasteiger partial charge in [-0.1, -0.05) is 17.4 Å². The Morgan fingerprint density at radius 2 is 1.82 bits per heavy atom. The number of rotatable bonds is 6. The van der Waals surface area contributed by atoms with Crippen LogP contribution in [-0.2, 0) is 4.74 Å². The largest absolute Gasteiger partial charge is 0.495 e. The van der Waals surface area contributed by atoms with Crippen molar-refractivity contribution in [1.82, 2.24) is 9.55 Å². The number of thiazole rings is 1. The van der Waals surface area contributed by atoms with Crippen molar-refractivity contribution in [3.63, 3.8) is 0 Å². The van der Waals surface area contributed by atoms with E-state index in [0.29, 0.717) is 18.9 Å². The molecule has 0 amide bonds.